The molecule has 3 atom stereocenters. The second kappa shape index (κ2) is 7.01. The maximum absolute atomic E-state index is 10.4. The zero-order valence-corrected chi connectivity index (χ0v) is 19.2. The number of rotatable bonds is 5. The number of anilines is 1. The number of benzene rings is 1. The lowest BCUT2D eigenvalue weighted by Crippen LogP contribution is -2.33. The first-order valence-electron chi connectivity index (χ1n) is 11.4. The van der Waals surface area contributed by atoms with Gasteiger partial charge in [0.25, 0.3) is 0 Å². The van der Waals surface area contributed by atoms with Crippen LogP contribution in [0.15, 0.2) is 36.8 Å². The summed E-state index contributed by atoms with van der Waals surface area (Å²) in [6.45, 7) is 9.73. The molecule has 1 saturated heterocycles. The largest absolute Gasteiger partial charge is 0.390 e. The van der Waals surface area contributed by atoms with Crippen molar-refractivity contribution in [3.05, 3.63) is 42.4 Å². The van der Waals surface area contributed by atoms with Crippen LogP contribution in [0.3, 0.4) is 0 Å². The summed E-state index contributed by atoms with van der Waals surface area (Å²) in [5.74, 6) is 1.76. The minimum absolute atomic E-state index is 0.0230. The van der Waals surface area contributed by atoms with E-state index in [0.29, 0.717) is 5.82 Å². The van der Waals surface area contributed by atoms with Crippen molar-refractivity contribution in [2.24, 2.45) is 11.3 Å². The Morgan fingerprint density at radius 2 is 2.03 bits per heavy atom. The molecule has 32 heavy (non-hydrogen) atoms. The average molecular weight is 431 g/mol. The molecular formula is C25H30N6O. The number of fused-ring (bicyclic) bond motifs is 1. The van der Waals surface area contributed by atoms with Crippen LogP contribution >= 0.6 is 0 Å². The van der Waals surface area contributed by atoms with Gasteiger partial charge >= 0.3 is 0 Å². The van der Waals surface area contributed by atoms with Gasteiger partial charge in [-0.15, -0.1) is 0 Å². The fourth-order valence-electron chi connectivity index (χ4n) is 5.29. The number of aliphatic hydroxyl groups is 1. The molecule has 1 aliphatic heterocycles. The van der Waals surface area contributed by atoms with Crippen LogP contribution in [-0.4, -0.2) is 43.5 Å². The Hall–Kier alpha value is -2.98. The molecular weight excluding hydrogens is 400 g/mol. The highest BCUT2D eigenvalue weighted by Gasteiger charge is 2.64. The van der Waals surface area contributed by atoms with Gasteiger partial charge in [0, 0.05) is 30.5 Å². The van der Waals surface area contributed by atoms with Crippen molar-refractivity contribution in [3.63, 3.8) is 0 Å². The molecule has 2 aromatic heterocycles. The Balaban J connectivity index is 1.50. The third-order valence-electron chi connectivity index (χ3n) is 7.96. The van der Waals surface area contributed by atoms with Gasteiger partial charge in [-0.1, -0.05) is 26.0 Å². The van der Waals surface area contributed by atoms with Gasteiger partial charge in [0.1, 0.15) is 12.1 Å². The molecule has 5 rings (SSSR count). The molecule has 1 N–H and O–H groups in total. The molecule has 0 bridgehead atoms. The van der Waals surface area contributed by atoms with Crippen molar-refractivity contribution < 1.29 is 5.11 Å². The fraction of sp³-hybridized carbons (Fsp3) is 0.520. The highest BCUT2D eigenvalue weighted by Crippen LogP contribution is 2.66. The summed E-state index contributed by atoms with van der Waals surface area (Å²) in [7, 11) is 0. The van der Waals surface area contributed by atoms with E-state index in [2.05, 4.69) is 58.1 Å². The summed E-state index contributed by atoms with van der Waals surface area (Å²) in [6.07, 6.45) is 6.22. The van der Waals surface area contributed by atoms with E-state index < -0.39 is 11.0 Å². The smallest absolute Gasteiger partial charge is 0.159 e. The lowest BCUT2D eigenvalue weighted by molar-refractivity contribution is 0.0263. The normalized spacial score (nSPS) is 27.6. The minimum Gasteiger partial charge on any atom is -0.390 e. The van der Waals surface area contributed by atoms with E-state index >= 15 is 0 Å². The Bertz CT molecular complexity index is 1220. The van der Waals surface area contributed by atoms with Crippen LogP contribution < -0.4 is 4.90 Å². The van der Waals surface area contributed by atoms with Crippen molar-refractivity contribution in [2.45, 2.75) is 58.0 Å². The highest BCUT2D eigenvalue weighted by atomic mass is 16.3. The SMILES string of the molecule is CCC1(C)C[C@@]1(C#N)c1ccc2cnn(-c3cc(N4CC[C@@H](C(C)(C)O)C4)ncn3)c2c1. The van der Waals surface area contributed by atoms with Gasteiger partial charge in [-0.05, 0) is 50.2 Å². The average Bonchev–Trinajstić information content (AvgIpc) is 3.14. The van der Waals surface area contributed by atoms with E-state index in [1.807, 2.05) is 30.8 Å². The maximum Gasteiger partial charge on any atom is 0.159 e. The molecule has 1 aliphatic carbocycles. The predicted molar refractivity (Wildman–Crippen MR) is 124 cm³/mol. The van der Waals surface area contributed by atoms with Crippen LogP contribution in [0.1, 0.15) is 52.5 Å². The summed E-state index contributed by atoms with van der Waals surface area (Å²) in [6, 6.07) is 10.8. The van der Waals surface area contributed by atoms with E-state index in [1.165, 1.54) is 0 Å². The van der Waals surface area contributed by atoms with Crippen LogP contribution in [0.25, 0.3) is 16.7 Å². The molecule has 3 heterocycles. The van der Waals surface area contributed by atoms with E-state index in [4.69, 9.17) is 0 Å². The zero-order valence-electron chi connectivity index (χ0n) is 19.2. The molecule has 1 saturated carbocycles. The number of nitriles is 1. The first-order chi connectivity index (χ1) is 15.2. The van der Waals surface area contributed by atoms with E-state index in [-0.39, 0.29) is 11.3 Å². The van der Waals surface area contributed by atoms with Gasteiger partial charge in [0.2, 0.25) is 0 Å². The topological polar surface area (TPSA) is 90.9 Å². The van der Waals surface area contributed by atoms with Gasteiger partial charge < -0.3 is 10.0 Å². The standard InChI is InChI=1S/C25H30N6O/c1-5-24(4)14-25(24,15-26)18-7-6-17-12-29-31(20(17)10-18)22-11-21(27-16-28-22)30-9-8-19(13-30)23(2,3)32/h6-7,10-12,16,19,32H,5,8-9,13-14H2,1-4H3/t19-,24?,25-/m1/s1. The Morgan fingerprint density at radius 1 is 1.25 bits per heavy atom. The van der Waals surface area contributed by atoms with Crippen LogP contribution in [0.2, 0.25) is 0 Å². The van der Waals surface area contributed by atoms with Crippen LogP contribution in [0.4, 0.5) is 5.82 Å². The van der Waals surface area contributed by atoms with Gasteiger partial charge in [0.05, 0.1) is 28.8 Å². The second-order valence-corrected chi connectivity index (χ2v) is 10.3. The highest BCUT2D eigenvalue weighted by molar-refractivity contribution is 5.81. The zero-order chi connectivity index (χ0) is 22.7. The Labute approximate surface area is 188 Å². The molecule has 0 spiro atoms. The summed E-state index contributed by atoms with van der Waals surface area (Å²) >= 11 is 0. The Morgan fingerprint density at radius 3 is 2.69 bits per heavy atom. The van der Waals surface area contributed by atoms with E-state index in [1.54, 1.807) is 6.33 Å². The molecule has 0 radical (unpaired) electrons. The van der Waals surface area contributed by atoms with E-state index in [0.717, 1.165) is 54.6 Å². The number of aromatic nitrogens is 4. The van der Waals surface area contributed by atoms with E-state index in [9.17, 15) is 10.4 Å². The van der Waals surface area contributed by atoms with Crippen molar-refractivity contribution >= 4 is 16.7 Å². The third kappa shape index (κ3) is 3.08. The van der Waals surface area contributed by atoms with Crippen molar-refractivity contribution in [1.29, 1.82) is 5.26 Å². The lowest BCUT2D eigenvalue weighted by atomic mass is 9.86. The molecule has 2 fully saturated rings. The first kappa shape index (κ1) is 20.9. The quantitative estimate of drug-likeness (QED) is 0.658. The predicted octanol–water partition coefficient (Wildman–Crippen LogP) is 3.99. The maximum atomic E-state index is 10.4. The molecule has 0 amide bonds. The number of hydrogen-bond acceptors (Lipinski definition) is 6. The molecule has 7 nitrogen and oxygen atoms in total. The summed E-state index contributed by atoms with van der Waals surface area (Å²) in [5, 5.41) is 26.0. The Kier molecular flexibility index (Phi) is 4.58. The summed E-state index contributed by atoms with van der Waals surface area (Å²) < 4.78 is 1.84. The molecule has 1 aromatic carbocycles. The van der Waals surface area contributed by atoms with Crippen molar-refractivity contribution in [2.75, 3.05) is 18.0 Å². The summed E-state index contributed by atoms with van der Waals surface area (Å²) in [4.78, 5) is 11.2. The van der Waals surface area contributed by atoms with Gasteiger partial charge in [0.15, 0.2) is 5.82 Å². The summed E-state index contributed by atoms with van der Waals surface area (Å²) in [5.41, 5.74) is 0.896. The van der Waals surface area contributed by atoms with Crippen LogP contribution in [0.5, 0.6) is 0 Å². The minimum atomic E-state index is -0.703. The first-order valence-corrected chi connectivity index (χ1v) is 11.4. The fourth-order valence-corrected chi connectivity index (χ4v) is 5.29. The van der Waals surface area contributed by atoms with Crippen LogP contribution in [0, 0.1) is 22.7 Å². The monoisotopic (exact) mass is 430 g/mol. The second-order valence-electron chi connectivity index (χ2n) is 10.3. The molecule has 1 unspecified atom stereocenters. The van der Waals surface area contributed by atoms with Crippen molar-refractivity contribution in [1.82, 2.24) is 19.7 Å². The van der Waals surface area contributed by atoms with Gasteiger partial charge in [-0.3, -0.25) is 0 Å². The van der Waals surface area contributed by atoms with Gasteiger partial charge in [-0.2, -0.15) is 10.4 Å². The number of nitrogens with zero attached hydrogens (tertiary/aromatic N) is 6. The van der Waals surface area contributed by atoms with Gasteiger partial charge in [-0.25, -0.2) is 14.6 Å². The molecule has 166 valence electrons. The molecule has 7 heteroatoms. The lowest BCUT2D eigenvalue weighted by Gasteiger charge is -2.25. The van der Waals surface area contributed by atoms with Crippen molar-refractivity contribution in [3.8, 4) is 11.9 Å². The molecule has 2 aliphatic rings. The third-order valence-corrected chi connectivity index (χ3v) is 7.96. The molecule has 3 aromatic rings. The number of hydrogen-bond donors (Lipinski definition) is 1. The van der Waals surface area contributed by atoms with Crippen LogP contribution in [-0.2, 0) is 5.41 Å².